The van der Waals surface area contributed by atoms with Gasteiger partial charge in [0.1, 0.15) is 11.4 Å². The first-order valence-corrected chi connectivity index (χ1v) is 10.7. The number of amides is 2. The Kier molecular flexibility index (Phi) is 5.43. The van der Waals surface area contributed by atoms with Gasteiger partial charge in [0.2, 0.25) is 5.91 Å². The molecular formula is C18H20N2O4S2. The van der Waals surface area contributed by atoms with Gasteiger partial charge >= 0.3 is 0 Å². The Hall–Kier alpha value is -2.19. The van der Waals surface area contributed by atoms with Gasteiger partial charge in [-0.05, 0) is 30.0 Å². The van der Waals surface area contributed by atoms with Gasteiger partial charge in [-0.3, -0.25) is 9.59 Å². The summed E-state index contributed by atoms with van der Waals surface area (Å²) in [5.74, 6) is -1.00. The maximum absolute atomic E-state index is 12.8. The van der Waals surface area contributed by atoms with Gasteiger partial charge in [0, 0.05) is 11.4 Å². The van der Waals surface area contributed by atoms with Crippen molar-refractivity contribution < 1.29 is 18.0 Å². The Bertz CT molecular complexity index is 907. The van der Waals surface area contributed by atoms with Gasteiger partial charge in [-0.25, -0.2) is 12.7 Å². The van der Waals surface area contributed by atoms with E-state index in [2.05, 4.69) is 0 Å². The summed E-state index contributed by atoms with van der Waals surface area (Å²) in [6.07, 6.45) is 1.73. The van der Waals surface area contributed by atoms with Crippen LogP contribution in [0.25, 0.3) is 0 Å². The second-order valence-corrected chi connectivity index (χ2v) is 8.92. The van der Waals surface area contributed by atoms with Crippen molar-refractivity contribution in [2.75, 3.05) is 13.1 Å². The molecule has 1 aromatic heterocycles. The van der Waals surface area contributed by atoms with Crippen LogP contribution in [0, 0.1) is 0 Å². The molecule has 2 amide bonds. The highest BCUT2D eigenvalue weighted by Crippen LogP contribution is 2.29. The summed E-state index contributed by atoms with van der Waals surface area (Å²) in [4.78, 5) is 27.9. The van der Waals surface area contributed by atoms with Crippen LogP contribution in [0.3, 0.4) is 0 Å². The van der Waals surface area contributed by atoms with Gasteiger partial charge in [0.25, 0.3) is 15.9 Å². The van der Waals surface area contributed by atoms with E-state index < -0.39 is 22.5 Å². The molecule has 0 unspecified atom stereocenters. The maximum Gasteiger partial charge on any atom is 0.269 e. The summed E-state index contributed by atoms with van der Waals surface area (Å²) >= 11 is 1.54. The van der Waals surface area contributed by atoms with Crippen LogP contribution in [0.5, 0.6) is 0 Å². The number of hydrogen-bond acceptors (Lipinski definition) is 5. The van der Waals surface area contributed by atoms with Crippen molar-refractivity contribution in [1.29, 1.82) is 0 Å². The van der Waals surface area contributed by atoms with E-state index in [1.54, 1.807) is 28.4 Å². The molecule has 1 aliphatic heterocycles. The normalized spacial score (nSPS) is 15.1. The number of sulfonamides is 1. The second-order valence-electron chi connectivity index (χ2n) is 6.06. The molecule has 0 radical (unpaired) electrons. The lowest BCUT2D eigenvalue weighted by Gasteiger charge is -2.24. The molecule has 138 valence electrons. The highest BCUT2D eigenvalue weighted by Gasteiger charge is 2.42. The van der Waals surface area contributed by atoms with Crippen molar-refractivity contribution in [3.8, 4) is 0 Å². The number of rotatable bonds is 7. The van der Waals surface area contributed by atoms with Crippen molar-refractivity contribution in [1.82, 2.24) is 9.21 Å². The second kappa shape index (κ2) is 7.59. The SMILES string of the molecule is CCCCN(Cc1cccs1)C(=O)CN1C(=O)c2ccccc2S1(=O)=O. The molecular weight excluding hydrogens is 372 g/mol. The molecule has 1 aliphatic rings. The summed E-state index contributed by atoms with van der Waals surface area (Å²) in [5.41, 5.74) is 0.124. The number of thiophene rings is 1. The molecule has 0 bridgehead atoms. The predicted octanol–water partition coefficient (Wildman–Crippen LogP) is 2.72. The molecule has 1 aromatic carbocycles. The van der Waals surface area contributed by atoms with Crippen molar-refractivity contribution >= 4 is 33.2 Å². The first-order chi connectivity index (χ1) is 12.4. The molecule has 0 saturated carbocycles. The number of carbonyl (C=O) groups excluding carboxylic acids is 2. The summed E-state index contributed by atoms with van der Waals surface area (Å²) in [6.45, 7) is 2.51. The van der Waals surface area contributed by atoms with E-state index >= 15 is 0 Å². The third kappa shape index (κ3) is 3.52. The zero-order chi connectivity index (χ0) is 18.7. The number of hydrogen-bond donors (Lipinski definition) is 0. The minimum absolute atomic E-state index is 0.0313. The monoisotopic (exact) mass is 392 g/mol. The highest BCUT2D eigenvalue weighted by molar-refractivity contribution is 7.90. The van der Waals surface area contributed by atoms with Gasteiger partial charge in [-0.15, -0.1) is 11.3 Å². The standard InChI is InChI=1S/C18H20N2O4S2/c1-2-3-10-19(12-14-7-6-11-25-14)17(21)13-20-18(22)15-8-4-5-9-16(15)26(20,23)24/h4-9,11H,2-3,10,12-13H2,1H3. The molecule has 0 aliphatic carbocycles. The number of nitrogens with zero attached hydrogens (tertiary/aromatic N) is 2. The molecule has 8 heteroatoms. The molecule has 2 aromatic rings. The number of unbranched alkanes of at least 4 members (excludes halogenated alkanes) is 1. The van der Waals surface area contributed by atoms with Crippen molar-refractivity contribution in [2.45, 2.75) is 31.2 Å². The van der Waals surface area contributed by atoms with Crippen molar-refractivity contribution in [3.63, 3.8) is 0 Å². The number of benzene rings is 1. The van der Waals surface area contributed by atoms with Gasteiger partial charge in [-0.2, -0.15) is 0 Å². The molecule has 0 atom stereocenters. The Balaban J connectivity index is 1.80. The Morgan fingerprint density at radius 3 is 2.62 bits per heavy atom. The van der Waals surface area contributed by atoms with Crippen LogP contribution >= 0.6 is 11.3 Å². The number of carbonyl (C=O) groups is 2. The molecule has 3 rings (SSSR count). The first-order valence-electron chi connectivity index (χ1n) is 8.41. The lowest BCUT2D eigenvalue weighted by molar-refractivity contribution is -0.131. The average Bonchev–Trinajstić information content (AvgIpc) is 3.20. The van der Waals surface area contributed by atoms with Crippen molar-refractivity contribution in [2.24, 2.45) is 0 Å². The fourth-order valence-electron chi connectivity index (χ4n) is 2.84. The van der Waals surface area contributed by atoms with Crippen LogP contribution in [-0.4, -0.2) is 42.5 Å². The van der Waals surface area contributed by atoms with Crippen LogP contribution in [0.15, 0.2) is 46.7 Å². The van der Waals surface area contributed by atoms with Crippen LogP contribution in [0.4, 0.5) is 0 Å². The van der Waals surface area contributed by atoms with Crippen LogP contribution in [0.2, 0.25) is 0 Å². The Morgan fingerprint density at radius 1 is 1.19 bits per heavy atom. The van der Waals surface area contributed by atoms with Gasteiger partial charge in [-0.1, -0.05) is 31.5 Å². The molecule has 0 spiro atoms. The Morgan fingerprint density at radius 2 is 1.96 bits per heavy atom. The molecule has 0 saturated heterocycles. The van der Waals surface area contributed by atoms with Crippen LogP contribution in [0.1, 0.15) is 35.0 Å². The lowest BCUT2D eigenvalue weighted by Crippen LogP contribution is -2.42. The molecule has 26 heavy (non-hydrogen) atoms. The van der Waals surface area contributed by atoms with Crippen molar-refractivity contribution in [3.05, 3.63) is 52.2 Å². The van der Waals surface area contributed by atoms with E-state index in [0.29, 0.717) is 17.4 Å². The molecule has 0 fully saturated rings. The fourth-order valence-corrected chi connectivity index (χ4v) is 5.08. The van der Waals surface area contributed by atoms with E-state index in [4.69, 9.17) is 0 Å². The van der Waals surface area contributed by atoms with E-state index in [1.807, 2.05) is 24.4 Å². The minimum Gasteiger partial charge on any atom is -0.336 e. The molecule has 0 N–H and O–H groups in total. The zero-order valence-corrected chi connectivity index (χ0v) is 16.1. The largest absolute Gasteiger partial charge is 0.336 e. The van der Waals surface area contributed by atoms with E-state index in [0.717, 1.165) is 17.7 Å². The average molecular weight is 393 g/mol. The Labute approximate surface area is 157 Å². The maximum atomic E-state index is 12.8. The summed E-state index contributed by atoms with van der Waals surface area (Å²) < 4.78 is 25.9. The third-order valence-electron chi connectivity index (χ3n) is 4.25. The first kappa shape index (κ1) is 18.6. The zero-order valence-electron chi connectivity index (χ0n) is 14.4. The van der Waals surface area contributed by atoms with E-state index in [9.17, 15) is 18.0 Å². The van der Waals surface area contributed by atoms with E-state index in [1.165, 1.54) is 12.1 Å². The van der Waals surface area contributed by atoms with Gasteiger partial charge in [0.05, 0.1) is 12.1 Å². The van der Waals surface area contributed by atoms with Crippen LogP contribution < -0.4 is 0 Å². The topological polar surface area (TPSA) is 74.8 Å². The third-order valence-corrected chi connectivity index (χ3v) is 6.90. The molecule has 2 heterocycles. The quantitative estimate of drug-likeness (QED) is 0.726. The minimum atomic E-state index is -3.97. The lowest BCUT2D eigenvalue weighted by atomic mass is 10.2. The summed E-state index contributed by atoms with van der Waals surface area (Å²) in [6, 6.07) is 9.90. The molecule has 6 nitrogen and oxygen atoms in total. The van der Waals surface area contributed by atoms with Gasteiger partial charge < -0.3 is 4.90 Å². The highest BCUT2D eigenvalue weighted by atomic mass is 32.2. The smallest absolute Gasteiger partial charge is 0.269 e. The summed E-state index contributed by atoms with van der Waals surface area (Å²) in [7, 11) is -3.97. The van der Waals surface area contributed by atoms with E-state index in [-0.39, 0.29) is 16.4 Å². The fraction of sp³-hybridized carbons (Fsp3) is 0.333. The van der Waals surface area contributed by atoms with Crippen LogP contribution in [-0.2, 0) is 21.4 Å². The predicted molar refractivity (Wildman–Crippen MR) is 99.3 cm³/mol. The summed E-state index contributed by atoms with van der Waals surface area (Å²) in [5, 5.41) is 1.93. The van der Waals surface area contributed by atoms with Gasteiger partial charge in [0.15, 0.2) is 0 Å². The number of fused-ring (bicyclic) bond motifs is 1.